The van der Waals surface area contributed by atoms with Crippen LogP contribution in [-0.4, -0.2) is 18.8 Å². The van der Waals surface area contributed by atoms with Crippen molar-refractivity contribution in [2.24, 2.45) is 0 Å². The van der Waals surface area contributed by atoms with Crippen molar-refractivity contribution in [1.82, 2.24) is 5.32 Å². The second-order valence-electron chi connectivity index (χ2n) is 4.52. The Morgan fingerprint density at radius 3 is 2.50 bits per heavy atom. The van der Waals surface area contributed by atoms with Crippen molar-refractivity contribution in [2.75, 3.05) is 13.7 Å². The molecule has 0 heterocycles. The number of aliphatic hydroxyl groups excluding tert-OH is 1. The molecule has 0 spiro atoms. The van der Waals surface area contributed by atoms with Crippen LogP contribution in [-0.2, 0) is 6.54 Å². The zero-order valence-corrected chi connectivity index (χ0v) is 11.3. The van der Waals surface area contributed by atoms with Crippen molar-refractivity contribution >= 4 is 0 Å². The van der Waals surface area contributed by atoms with Crippen LogP contribution in [0.25, 0.3) is 0 Å². The molecule has 2 N–H and O–H groups in total. The zero-order chi connectivity index (χ0) is 14.4. The summed E-state index contributed by atoms with van der Waals surface area (Å²) in [6.45, 7) is 0.905. The Balaban J connectivity index is 1.84. The van der Waals surface area contributed by atoms with E-state index in [0.29, 0.717) is 18.7 Å². The van der Waals surface area contributed by atoms with Crippen molar-refractivity contribution in [3.63, 3.8) is 0 Å². The molecule has 0 aliphatic rings. The maximum atomic E-state index is 13.5. The van der Waals surface area contributed by atoms with Crippen molar-refractivity contribution in [1.29, 1.82) is 0 Å². The summed E-state index contributed by atoms with van der Waals surface area (Å²) < 4.78 is 18.6. The fraction of sp³-hybridized carbons (Fsp3) is 0.250. The van der Waals surface area contributed by atoms with E-state index in [2.05, 4.69) is 5.32 Å². The largest absolute Gasteiger partial charge is 0.497 e. The van der Waals surface area contributed by atoms with Crippen molar-refractivity contribution < 1.29 is 14.2 Å². The normalized spacial score (nSPS) is 12.2. The highest BCUT2D eigenvalue weighted by Crippen LogP contribution is 2.16. The molecule has 3 nitrogen and oxygen atoms in total. The van der Waals surface area contributed by atoms with Gasteiger partial charge in [0.2, 0.25) is 0 Å². The second-order valence-corrected chi connectivity index (χ2v) is 4.52. The molecular formula is C16H18FNO2. The topological polar surface area (TPSA) is 41.5 Å². The molecule has 2 aromatic rings. The quantitative estimate of drug-likeness (QED) is 0.851. The standard InChI is InChI=1S/C16H18FNO2/c1-20-13-8-6-12(7-9-13)10-18-11-16(19)14-4-2-3-5-15(14)17/h2-9,16,18-19H,10-11H2,1H3/t16-/m0/s1. The SMILES string of the molecule is COc1ccc(CNC[C@H](O)c2ccccc2F)cc1. The van der Waals surface area contributed by atoms with Gasteiger partial charge in [0.25, 0.3) is 0 Å². The highest BCUT2D eigenvalue weighted by atomic mass is 19.1. The van der Waals surface area contributed by atoms with Gasteiger partial charge in [-0.2, -0.15) is 0 Å². The lowest BCUT2D eigenvalue weighted by Gasteiger charge is -2.13. The lowest BCUT2D eigenvalue weighted by molar-refractivity contribution is 0.169. The number of methoxy groups -OCH3 is 1. The van der Waals surface area contributed by atoms with E-state index in [1.807, 2.05) is 24.3 Å². The Bertz CT molecular complexity index is 542. The van der Waals surface area contributed by atoms with Gasteiger partial charge in [-0.05, 0) is 23.8 Å². The van der Waals surface area contributed by atoms with Crippen LogP contribution in [0.15, 0.2) is 48.5 Å². The molecule has 0 aliphatic carbocycles. The molecule has 0 saturated heterocycles. The molecule has 20 heavy (non-hydrogen) atoms. The molecule has 0 saturated carbocycles. The van der Waals surface area contributed by atoms with E-state index in [1.54, 1.807) is 25.3 Å². The summed E-state index contributed by atoms with van der Waals surface area (Å²) in [5, 5.41) is 13.0. The number of rotatable bonds is 6. The van der Waals surface area contributed by atoms with E-state index in [4.69, 9.17) is 4.74 Å². The molecule has 0 fully saturated rings. The second kappa shape index (κ2) is 7.03. The summed E-state index contributed by atoms with van der Waals surface area (Å²) in [4.78, 5) is 0. The Morgan fingerprint density at radius 2 is 1.85 bits per heavy atom. The van der Waals surface area contributed by atoms with Crippen molar-refractivity contribution in [2.45, 2.75) is 12.6 Å². The average Bonchev–Trinajstić information content (AvgIpc) is 2.48. The molecule has 0 unspecified atom stereocenters. The Labute approximate surface area is 118 Å². The van der Waals surface area contributed by atoms with E-state index in [-0.39, 0.29) is 5.82 Å². The molecule has 2 aromatic carbocycles. The minimum Gasteiger partial charge on any atom is -0.497 e. The first-order valence-corrected chi connectivity index (χ1v) is 6.47. The summed E-state index contributed by atoms with van der Waals surface area (Å²) in [6, 6.07) is 13.9. The number of hydrogen-bond donors (Lipinski definition) is 2. The fourth-order valence-electron chi connectivity index (χ4n) is 1.95. The summed E-state index contributed by atoms with van der Waals surface area (Å²) in [5.74, 6) is 0.423. The number of hydrogen-bond acceptors (Lipinski definition) is 3. The molecule has 0 bridgehead atoms. The molecule has 0 amide bonds. The van der Waals surface area contributed by atoms with E-state index < -0.39 is 6.10 Å². The number of aliphatic hydroxyl groups is 1. The molecule has 106 valence electrons. The molecule has 0 radical (unpaired) electrons. The number of ether oxygens (including phenoxy) is 1. The maximum absolute atomic E-state index is 13.5. The molecular weight excluding hydrogens is 257 g/mol. The van der Waals surface area contributed by atoms with Crippen molar-refractivity contribution in [3.8, 4) is 5.75 Å². The van der Waals surface area contributed by atoms with Crippen LogP contribution in [0.2, 0.25) is 0 Å². The third-order valence-electron chi connectivity index (χ3n) is 3.09. The Morgan fingerprint density at radius 1 is 1.15 bits per heavy atom. The smallest absolute Gasteiger partial charge is 0.129 e. The van der Waals surface area contributed by atoms with Gasteiger partial charge in [-0.3, -0.25) is 0 Å². The minimum absolute atomic E-state index is 0.299. The predicted molar refractivity (Wildman–Crippen MR) is 76.1 cm³/mol. The highest BCUT2D eigenvalue weighted by molar-refractivity contribution is 5.27. The molecule has 4 heteroatoms. The molecule has 2 rings (SSSR count). The third kappa shape index (κ3) is 3.79. The summed E-state index contributed by atoms with van der Waals surface area (Å²) in [6.07, 6.45) is -0.852. The van der Waals surface area contributed by atoms with Gasteiger partial charge in [0, 0.05) is 18.7 Å². The summed E-state index contributed by atoms with van der Waals surface area (Å²) >= 11 is 0. The fourth-order valence-corrected chi connectivity index (χ4v) is 1.95. The van der Waals surface area contributed by atoms with Crippen LogP contribution in [0.4, 0.5) is 4.39 Å². The third-order valence-corrected chi connectivity index (χ3v) is 3.09. The molecule has 0 aliphatic heterocycles. The highest BCUT2D eigenvalue weighted by Gasteiger charge is 2.11. The summed E-state index contributed by atoms with van der Waals surface area (Å²) in [7, 11) is 1.62. The lowest BCUT2D eigenvalue weighted by Crippen LogP contribution is -2.21. The van der Waals surface area contributed by atoms with E-state index in [1.165, 1.54) is 6.07 Å². The van der Waals surface area contributed by atoms with Gasteiger partial charge in [-0.25, -0.2) is 4.39 Å². The monoisotopic (exact) mass is 275 g/mol. The first-order chi connectivity index (χ1) is 9.70. The van der Waals surface area contributed by atoms with Crippen LogP contribution in [0.5, 0.6) is 5.75 Å². The van der Waals surface area contributed by atoms with Gasteiger partial charge in [-0.15, -0.1) is 0 Å². The Hall–Kier alpha value is -1.91. The first kappa shape index (κ1) is 14.5. The van der Waals surface area contributed by atoms with Crippen LogP contribution in [0, 0.1) is 5.82 Å². The molecule has 1 atom stereocenters. The van der Waals surface area contributed by atoms with Gasteiger partial charge < -0.3 is 15.2 Å². The van der Waals surface area contributed by atoms with Gasteiger partial charge in [0.15, 0.2) is 0 Å². The number of nitrogens with one attached hydrogen (secondary N) is 1. The van der Waals surface area contributed by atoms with Gasteiger partial charge in [0.1, 0.15) is 11.6 Å². The molecule has 0 aromatic heterocycles. The number of benzene rings is 2. The predicted octanol–water partition coefficient (Wildman–Crippen LogP) is 2.66. The van der Waals surface area contributed by atoms with Crippen LogP contribution in [0.3, 0.4) is 0 Å². The van der Waals surface area contributed by atoms with Gasteiger partial charge in [-0.1, -0.05) is 30.3 Å². The van der Waals surface area contributed by atoms with Crippen LogP contribution in [0.1, 0.15) is 17.2 Å². The zero-order valence-electron chi connectivity index (χ0n) is 11.3. The first-order valence-electron chi connectivity index (χ1n) is 6.47. The summed E-state index contributed by atoms with van der Waals surface area (Å²) in [5.41, 5.74) is 1.39. The maximum Gasteiger partial charge on any atom is 0.129 e. The Kier molecular flexibility index (Phi) is 5.09. The van der Waals surface area contributed by atoms with Crippen LogP contribution >= 0.6 is 0 Å². The van der Waals surface area contributed by atoms with E-state index in [0.717, 1.165) is 11.3 Å². The minimum atomic E-state index is -0.852. The van der Waals surface area contributed by atoms with Gasteiger partial charge >= 0.3 is 0 Å². The van der Waals surface area contributed by atoms with Crippen molar-refractivity contribution in [3.05, 3.63) is 65.5 Å². The van der Waals surface area contributed by atoms with Crippen LogP contribution < -0.4 is 10.1 Å². The van der Waals surface area contributed by atoms with Gasteiger partial charge in [0.05, 0.1) is 13.2 Å². The lowest BCUT2D eigenvalue weighted by atomic mass is 10.1. The van der Waals surface area contributed by atoms with E-state index in [9.17, 15) is 9.50 Å². The average molecular weight is 275 g/mol. The van der Waals surface area contributed by atoms with E-state index >= 15 is 0 Å². The number of halogens is 1.